The highest BCUT2D eigenvalue weighted by Crippen LogP contribution is 2.26. The monoisotopic (exact) mass is 486 g/mol. The number of aryl methyl sites for hydroxylation is 1. The molecule has 1 aromatic heterocycles. The van der Waals surface area contributed by atoms with Crippen molar-refractivity contribution in [1.29, 1.82) is 0 Å². The number of primary amides is 1. The molecule has 2 heterocycles. The molecule has 1 aliphatic rings. The lowest BCUT2D eigenvalue weighted by molar-refractivity contribution is 0.0950. The van der Waals surface area contributed by atoms with Gasteiger partial charge in [-0.15, -0.1) is 0 Å². The molecular weight excluding hydrogens is 452 g/mol. The number of amides is 2. The smallest absolute Gasteiger partial charge is 0.251 e. The number of para-hydroxylation sites is 1. The van der Waals surface area contributed by atoms with E-state index in [9.17, 15) is 9.59 Å². The Kier molecular flexibility index (Phi) is 7.85. The number of carbonyl (C=O) groups is 2. The standard InChI is InChI=1S/C28H34N6O2/c1-20-7-4-5-10-25(20)33-13-15-34(16-14-33)26-12-11-21(17-24(26)27(29)35)28(36)30-18-22-8-6-9-23(31-22)19-32(2)3/h4-12,17H,13-16,18-19H2,1-3H3,(H2,29,35)(H,30,36). The van der Waals surface area contributed by atoms with Crippen LogP contribution in [0, 0.1) is 6.92 Å². The summed E-state index contributed by atoms with van der Waals surface area (Å²) < 4.78 is 0. The van der Waals surface area contributed by atoms with Gasteiger partial charge in [0, 0.05) is 49.7 Å². The third-order valence-electron chi connectivity index (χ3n) is 6.37. The minimum absolute atomic E-state index is 0.270. The Hall–Kier alpha value is -3.91. The molecule has 2 aromatic carbocycles. The van der Waals surface area contributed by atoms with Crippen molar-refractivity contribution in [1.82, 2.24) is 15.2 Å². The molecule has 0 saturated carbocycles. The van der Waals surface area contributed by atoms with Gasteiger partial charge in [0.1, 0.15) is 0 Å². The van der Waals surface area contributed by atoms with Crippen LogP contribution in [0.1, 0.15) is 37.7 Å². The number of pyridine rings is 1. The first kappa shape index (κ1) is 25.2. The van der Waals surface area contributed by atoms with Gasteiger partial charge < -0.3 is 25.8 Å². The first-order valence-electron chi connectivity index (χ1n) is 12.2. The summed E-state index contributed by atoms with van der Waals surface area (Å²) >= 11 is 0. The summed E-state index contributed by atoms with van der Waals surface area (Å²) in [5.74, 6) is -0.813. The Morgan fingerprint density at radius 3 is 2.25 bits per heavy atom. The summed E-state index contributed by atoms with van der Waals surface area (Å²) in [7, 11) is 3.97. The molecule has 2 amide bonds. The predicted molar refractivity (Wildman–Crippen MR) is 143 cm³/mol. The molecule has 36 heavy (non-hydrogen) atoms. The molecule has 3 N–H and O–H groups in total. The highest BCUT2D eigenvalue weighted by atomic mass is 16.2. The van der Waals surface area contributed by atoms with Crippen molar-refractivity contribution in [2.75, 3.05) is 50.1 Å². The fourth-order valence-electron chi connectivity index (χ4n) is 4.57. The van der Waals surface area contributed by atoms with Crippen LogP contribution in [0.15, 0.2) is 60.7 Å². The number of aromatic nitrogens is 1. The molecule has 1 fully saturated rings. The van der Waals surface area contributed by atoms with E-state index in [1.807, 2.05) is 49.3 Å². The summed E-state index contributed by atoms with van der Waals surface area (Å²) in [4.78, 5) is 36.3. The Balaban J connectivity index is 1.43. The Labute approximate surface area is 212 Å². The van der Waals surface area contributed by atoms with Crippen LogP contribution in [0.5, 0.6) is 0 Å². The normalized spacial score (nSPS) is 13.7. The lowest BCUT2D eigenvalue weighted by Gasteiger charge is -2.38. The highest BCUT2D eigenvalue weighted by Gasteiger charge is 2.23. The number of piperazine rings is 1. The van der Waals surface area contributed by atoms with Crippen molar-refractivity contribution in [3.63, 3.8) is 0 Å². The zero-order valence-corrected chi connectivity index (χ0v) is 21.2. The van der Waals surface area contributed by atoms with E-state index in [2.05, 4.69) is 45.2 Å². The van der Waals surface area contributed by atoms with E-state index >= 15 is 0 Å². The van der Waals surface area contributed by atoms with Crippen molar-refractivity contribution < 1.29 is 9.59 Å². The molecule has 0 radical (unpaired) electrons. The van der Waals surface area contributed by atoms with Crippen LogP contribution in [-0.2, 0) is 13.1 Å². The average Bonchev–Trinajstić information content (AvgIpc) is 2.87. The maximum atomic E-state index is 12.9. The summed E-state index contributed by atoms with van der Waals surface area (Å²) in [6.07, 6.45) is 0. The lowest BCUT2D eigenvalue weighted by Crippen LogP contribution is -2.47. The Bertz CT molecular complexity index is 1230. The van der Waals surface area contributed by atoms with E-state index in [0.717, 1.165) is 49.8 Å². The van der Waals surface area contributed by atoms with Crippen molar-refractivity contribution >= 4 is 23.2 Å². The number of nitrogens with zero attached hydrogens (tertiary/aromatic N) is 4. The third kappa shape index (κ3) is 6.01. The number of nitrogens with one attached hydrogen (secondary N) is 1. The molecule has 0 bridgehead atoms. The Morgan fingerprint density at radius 1 is 0.917 bits per heavy atom. The summed E-state index contributed by atoms with van der Waals surface area (Å²) in [5.41, 5.74) is 11.5. The van der Waals surface area contributed by atoms with Gasteiger partial charge >= 0.3 is 0 Å². The van der Waals surface area contributed by atoms with E-state index in [-0.39, 0.29) is 5.91 Å². The SMILES string of the molecule is Cc1ccccc1N1CCN(c2ccc(C(=O)NCc3cccc(CN(C)C)n3)cc2C(N)=O)CC1. The molecule has 188 valence electrons. The van der Waals surface area contributed by atoms with Gasteiger partial charge in [0.25, 0.3) is 11.8 Å². The summed E-state index contributed by atoms with van der Waals surface area (Å²) in [6, 6.07) is 19.3. The largest absolute Gasteiger partial charge is 0.368 e. The number of anilines is 2. The van der Waals surface area contributed by atoms with Crippen molar-refractivity contribution in [2.45, 2.75) is 20.0 Å². The van der Waals surface area contributed by atoms with Crippen molar-refractivity contribution in [2.24, 2.45) is 5.73 Å². The number of carbonyl (C=O) groups excluding carboxylic acids is 2. The molecular formula is C28H34N6O2. The number of benzene rings is 2. The lowest BCUT2D eigenvalue weighted by atomic mass is 10.0. The van der Waals surface area contributed by atoms with Crippen LogP contribution in [0.4, 0.5) is 11.4 Å². The first-order chi connectivity index (χ1) is 17.3. The van der Waals surface area contributed by atoms with E-state index in [1.165, 1.54) is 11.3 Å². The van der Waals surface area contributed by atoms with Crippen molar-refractivity contribution in [3.8, 4) is 0 Å². The number of nitrogens with two attached hydrogens (primary N) is 1. The summed E-state index contributed by atoms with van der Waals surface area (Å²) in [5, 5.41) is 2.90. The van der Waals surface area contributed by atoms with Gasteiger partial charge in [-0.25, -0.2) is 0 Å². The van der Waals surface area contributed by atoms with Crippen LogP contribution < -0.4 is 20.9 Å². The van der Waals surface area contributed by atoms with E-state index < -0.39 is 5.91 Å². The second-order valence-corrected chi connectivity index (χ2v) is 9.40. The fraction of sp³-hybridized carbons (Fsp3) is 0.321. The molecule has 0 aliphatic carbocycles. The van der Waals surface area contributed by atoms with Gasteiger partial charge in [0.2, 0.25) is 0 Å². The van der Waals surface area contributed by atoms with E-state index in [1.54, 1.807) is 12.1 Å². The molecule has 3 aromatic rings. The third-order valence-corrected chi connectivity index (χ3v) is 6.37. The Morgan fingerprint density at radius 2 is 1.58 bits per heavy atom. The zero-order chi connectivity index (χ0) is 25.7. The zero-order valence-electron chi connectivity index (χ0n) is 21.2. The number of rotatable bonds is 8. The number of hydrogen-bond acceptors (Lipinski definition) is 6. The van der Waals surface area contributed by atoms with Gasteiger partial charge in [-0.3, -0.25) is 14.6 Å². The van der Waals surface area contributed by atoms with Crippen molar-refractivity contribution in [3.05, 3.63) is 88.7 Å². The molecule has 8 nitrogen and oxygen atoms in total. The average molecular weight is 487 g/mol. The van der Waals surface area contributed by atoms with Gasteiger partial charge in [0.15, 0.2) is 0 Å². The topological polar surface area (TPSA) is 94.8 Å². The van der Waals surface area contributed by atoms with E-state index in [4.69, 9.17) is 5.73 Å². The molecule has 8 heteroatoms. The van der Waals surface area contributed by atoms with Gasteiger partial charge in [-0.2, -0.15) is 0 Å². The maximum absolute atomic E-state index is 12.9. The molecule has 0 spiro atoms. The minimum atomic E-state index is -0.543. The fourth-order valence-corrected chi connectivity index (χ4v) is 4.57. The second-order valence-electron chi connectivity index (χ2n) is 9.40. The molecule has 1 saturated heterocycles. The van der Waals surface area contributed by atoms with E-state index in [0.29, 0.717) is 17.7 Å². The quantitative estimate of drug-likeness (QED) is 0.509. The van der Waals surface area contributed by atoms with Crippen LogP contribution in [0.2, 0.25) is 0 Å². The van der Waals surface area contributed by atoms with Crippen LogP contribution in [-0.4, -0.2) is 62.0 Å². The second kappa shape index (κ2) is 11.2. The van der Waals surface area contributed by atoms with Gasteiger partial charge in [0.05, 0.1) is 23.5 Å². The molecule has 0 atom stereocenters. The highest BCUT2D eigenvalue weighted by molar-refractivity contribution is 6.03. The van der Waals surface area contributed by atoms with Crippen LogP contribution in [0.25, 0.3) is 0 Å². The van der Waals surface area contributed by atoms with Gasteiger partial charge in [-0.1, -0.05) is 24.3 Å². The molecule has 4 rings (SSSR count). The predicted octanol–water partition coefficient (Wildman–Crippen LogP) is 2.81. The van der Waals surface area contributed by atoms with Crippen LogP contribution in [0.3, 0.4) is 0 Å². The maximum Gasteiger partial charge on any atom is 0.251 e. The first-order valence-corrected chi connectivity index (χ1v) is 12.2. The number of hydrogen-bond donors (Lipinski definition) is 2. The van der Waals surface area contributed by atoms with Gasteiger partial charge in [-0.05, 0) is 63.0 Å². The van der Waals surface area contributed by atoms with Crippen LogP contribution >= 0.6 is 0 Å². The minimum Gasteiger partial charge on any atom is -0.368 e. The summed E-state index contributed by atoms with van der Waals surface area (Å²) in [6.45, 7) is 6.34. The molecule has 0 unspecified atom stereocenters. The molecule has 1 aliphatic heterocycles.